The first kappa shape index (κ1) is 10.2. The Morgan fingerprint density at radius 1 is 1.06 bits per heavy atom. The standard InChI is InChI=1S/C16H14O/c17-16-14-9-5-4-8-13(14)10-11-15(16)12-6-2-1-3-7-12/h1-9,11,13,17H,10H2. The maximum atomic E-state index is 10.3. The van der Waals surface area contributed by atoms with E-state index in [1.54, 1.807) is 0 Å². The molecule has 1 aromatic rings. The van der Waals surface area contributed by atoms with Gasteiger partial charge in [0.15, 0.2) is 0 Å². The molecule has 1 heteroatoms. The fraction of sp³-hybridized carbons (Fsp3) is 0.125. The molecule has 2 aliphatic carbocycles. The van der Waals surface area contributed by atoms with Crippen LogP contribution in [-0.2, 0) is 0 Å². The number of rotatable bonds is 1. The van der Waals surface area contributed by atoms with E-state index in [2.05, 4.69) is 12.2 Å². The third-order valence-corrected chi connectivity index (χ3v) is 3.32. The number of aliphatic hydroxyl groups is 1. The normalized spacial score (nSPS) is 22.4. The van der Waals surface area contributed by atoms with Gasteiger partial charge in [-0.2, -0.15) is 0 Å². The summed E-state index contributed by atoms with van der Waals surface area (Å²) in [6.07, 6.45) is 11.3. The van der Waals surface area contributed by atoms with Crippen LogP contribution >= 0.6 is 0 Å². The minimum atomic E-state index is 0.340. The first-order valence-electron chi connectivity index (χ1n) is 5.90. The van der Waals surface area contributed by atoms with E-state index in [1.807, 2.05) is 48.6 Å². The first-order chi connectivity index (χ1) is 8.36. The lowest BCUT2D eigenvalue weighted by atomic mass is 9.83. The summed E-state index contributed by atoms with van der Waals surface area (Å²) in [5, 5.41) is 10.3. The van der Waals surface area contributed by atoms with Gasteiger partial charge in [0.05, 0.1) is 0 Å². The van der Waals surface area contributed by atoms with Crippen molar-refractivity contribution in [1.29, 1.82) is 0 Å². The minimum absolute atomic E-state index is 0.340. The zero-order chi connectivity index (χ0) is 11.7. The van der Waals surface area contributed by atoms with E-state index in [0.29, 0.717) is 11.7 Å². The molecule has 1 aromatic carbocycles. The van der Waals surface area contributed by atoms with Crippen molar-refractivity contribution in [2.24, 2.45) is 5.92 Å². The van der Waals surface area contributed by atoms with E-state index in [0.717, 1.165) is 23.1 Å². The van der Waals surface area contributed by atoms with E-state index in [9.17, 15) is 5.11 Å². The summed E-state index contributed by atoms with van der Waals surface area (Å²) in [6.45, 7) is 0. The number of fused-ring (bicyclic) bond motifs is 1. The molecule has 2 aliphatic rings. The molecule has 0 saturated heterocycles. The molecule has 0 aliphatic heterocycles. The van der Waals surface area contributed by atoms with Gasteiger partial charge in [-0.25, -0.2) is 0 Å². The van der Waals surface area contributed by atoms with E-state index in [1.165, 1.54) is 0 Å². The summed E-state index contributed by atoms with van der Waals surface area (Å²) in [7, 11) is 0. The Bertz CT molecular complexity index is 544. The first-order valence-corrected chi connectivity index (χ1v) is 5.90. The van der Waals surface area contributed by atoms with Gasteiger partial charge in [0.2, 0.25) is 0 Å². The topological polar surface area (TPSA) is 20.2 Å². The van der Waals surface area contributed by atoms with Crippen LogP contribution in [0.4, 0.5) is 0 Å². The molecular formula is C16H14O. The van der Waals surface area contributed by atoms with Crippen LogP contribution in [0, 0.1) is 5.92 Å². The Morgan fingerprint density at radius 2 is 1.88 bits per heavy atom. The van der Waals surface area contributed by atoms with Crippen molar-refractivity contribution in [3.63, 3.8) is 0 Å². The number of benzene rings is 1. The molecule has 1 nitrogen and oxygen atoms in total. The second-order valence-electron chi connectivity index (χ2n) is 4.37. The Balaban J connectivity index is 2.05. The largest absolute Gasteiger partial charge is 0.507 e. The van der Waals surface area contributed by atoms with Crippen LogP contribution < -0.4 is 0 Å². The Morgan fingerprint density at radius 3 is 2.71 bits per heavy atom. The summed E-state index contributed by atoms with van der Waals surface area (Å²) in [5.41, 5.74) is 3.07. The second kappa shape index (κ2) is 4.10. The summed E-state index contributed by atoms with van der Waals surface area (Å²) in [6, 6.07) is 10.0. The minimum Gasteiger partial charge on any atom is -0.507 e. The van der Waals surface area contributed by atoms with Gasteiger partial charge in [-0.05, 0) is 12.0 Å². The summed E-state index contributed by atoms with van der Waals surface area (Å²) >= 11 is 0. The lowest BCUT2D eigenvalue weighted by Crippen LogP contribution is -2.10. The van der Waals surface area contributed by atoms with E-state index in [-0.39, 0.29) is 0 Å². The molecule has 84 valence electrons. The van der Waals surface area contributed by atoms with Crippen LogP contribution in [0.3, 0.4) is 0 Å². The summed E-state index contributed by atoms with van der Waals surface area (Å²) in [5.74, 6) is 0.764. The Hall–Kier alpha value is -2.02. The molecule has 0 bridgehead atoms. The molecule has 0 amide bonds. The van der Waals surface area contributed by atoms with E-state index < -0.39 is 0 Å². The van der Waals surface area contributed by atoms with Gasteiger partial charge in [0.25, 0.3) is 0 Å². The van der Waals surface area contributed by atoms with Crippen molar-refractivity contribution < 1.29 is 5.11 Å². The van der Waals surface area contributed by atoms with Crippen LogP contribution in [-0.4, -0.2) is 5.11 Å². The highest BCUT2D eigenvalue weighted by Gasteiger charge is 2.22. The molecule has 3 rings (SSSR count). The van der Waals surface area contributed by atoms with Crippen LogP contribution in [0.5, 0.6) is 0 Å². The molecule has 1 unspecified atom stereocenters. The van der Waals surface area contributed by atoms with Crippen molar-refractivity contribution >= 4 is 5.57 Å². The van der Waals surface area contributed by atoms with Gasteiger partial charge >= 0.3 is 0 Å². The fourth-order valence-electron chi connectivity index (χ4n) is 2.41. The smallest absolute Gasteiger partial charge is 0.126 e. The Kier molecular flexibility index (Phi) is 2.45. The predicted molar refractivity (Wildman–Crippen MR) is 70.5 cm³/mol. The quantitative estimate of drug-likeness (QED) is 0.760. The molecule has 0 radical (unpaired) electrons. The van der Waals surface area contributed by atoms with Crippen molar-refractivity contribution in [2.75, 3.05) is 0 Å². The van der Waals surface area contributed by atoms with Gasteiger partial charge in [-0.3, -0.25) is 0 Å². The molecule has 0 heterocycles. The molecular weight excluding hydrogens is 208 g/mol. The van der Waals surface area contributed by atoms with E-state index in [4.69, 9.17) is 0 Å². The molecule has 0 fully saturated rings. The third-order valence-electron chi connectivity index (χ3n) is 3.32. The molecule has 1 atom stereocenters. The van der Waals surface area contributed by atoms with Crippen molar-refractivity contribution in [3.8, 4) is 0 Å². The highest BCUT2D eigenvalue weighted by atomic mass is 16.3. The van der Waals surface area contributed by atoms with Gasteiger partial charge < -0.3 is 5.11 Å². The zero-order valence-corrected chi connectivity index (χ0v) is 9.51. The zero-order valence-electron chi connectivity index (χ0n) is 9.51. The molecule has 0 spiro atoms. The molecule has 1 N–H and O–H groups in total. The SMILES string of the molecule is OC1=C2C=CC=CC2CC=C1c1ccccc1. The lowest BCUT2D eigenvalue weighted by molar-refractivity contribution is 0.422. The average molecular weight is 222 g/mol. The molecule has 0 aromatic heterocycles. The van der Waals surface area contributed by atoms with Crippen molar-refractivity contribution in [1.82, 2.24) is 0 Å². The van der Waals surface area contributed by atoms with Crippen LogP contribution in [0.1, 0.15) is 12.0 Å². The van der Waals surface area contributed by atoms with Gasteiger partial charge in [-0.1, -0.05) is 60.7 Å². The Labute approximate surface area is 101 Å². The monoisotopic (exact) mass is 222 g/mol. The highest BCUT2D eigenvalue weighted by molar-refractivity contribution is 5.80. The number of hydrogen-bond acceptors (Lipinski definition) is 1. The number of allylic oxidation sites excluding steroid dienone is 7. The molecule has 0 saturated carbocycles. The van der Waals surface area contributed by atoms with Gasteiger partial charge in [0, 0.05) is 17.1 Å². The lowest BCUT2D eigenvalue weighted by Gasteiger charge is -2.23. The third kappa shape index (κ3) is 1.74. The van der Waals surface area contributed by atoms with Crippen molar-refractivity contribution in [3.05, 3.63) is 77.6 Å². The number of hydrogen-bond donors (Lipinski definition) is 1. The van der Waals surface area contributed by atoms with E-state index >= 15 is 0 Å². The molecule has 17 heavy (non-hydrogen) atoms. The van der Waals surface area contributed by atoms with Crippen LogP contribution in [0.15, 0.2) is 72.0 Å². The number of aliphatic hydroxyl groups excluding tert-OH is 1. The van der Waals surface area contributed by atoms with Crippen LogP contribution in [0.25, 0.3) is 5.57 Å². The van der Waals surface area contributed by atoms with Gasteiger partial charge in [-0.15, -0.1) is 0 Å². The predicted octanol–water partition coefficient (Wildman–Crippen LogP) is 4.03. The second-order valence-corrected chi connectivity index (χ2v) is 4.37. The maximum absolute atomic E-state index is 10.3. The van der Waals surface area contributed by atoms with Crippen molar-refractivity contribution in [2.45, 2.75) is 6.42 Å². The maximum Gasteiger partial charge on any atom is 0.126 e. The summed E-state index contributed by atoms with van der Waals surface area (Å²) in [4.78, 5) is 0. The summed E-state index contributed by atoms with van der Waals surface area (Å²) < 4.78 is 0. The average Bonchev–Trinajstić information content (AvgIpc) is 2.40. The van der Waals surface area contributed by atoms with Gasteiger partial charge in [0.1, 0.15) is 5.76 Å². The van der Waals surface area contributed by atoms with Crippen LogP contribution in [0.2, 0.25) is 0 Å². The fourth-order valence-corrected chi connectivity index (χ4v) is 2.41. The highest BCUT2D eigenvalue weighted by Crippen LogP contribution is 2.36.